The molecule has 2 fully saturated rings. The van der Waals surface area contributed by atoms with Gasteiger partial charge in [0.1, 0.15) is 0 Å². The van der Waals surface area contributed by atoms with E-state index in [2.05, 4.69) is 41.5 Å². The molecule has 0 spiro atoms. The first-order chi connectivity index (χ1) is 7.92. The Morgan fingerprint density at radius 3 is 2.69 bits per heavy atom. The third-order valence-corrected chi connectivity index (χ3v) is 4.21. The van der Waals surface area contributed by atoms with E-state index in [0.717, 1.165) is 24.3 Å². The van der Waals surface area contributed by atoms with Crippen molar-refractivity contribution in [1.29, 1.82) is 0 Å². The number of benzene rings is 1. The van der Waals surface area contributed by atoms with Crippen molar-refractivity contribution < 1.29 is 0 Å². The molecular weight excluding hydrogens is 194 g/mol. The van der Waals surface area contributed by atoms with Crippen molar-refractivity contribution in [3.05, 3.63) is 35.9 Å². The molecule has 2 saturated carbocycles. The summed E-state index contributed by atoms with van der Waals surface area (Å²) in [5.74, 6) is 2.78. The van der Waals surface area contributed by atoms with Crippen molar-refractivity contribution in [3.63, 3.8) is 0 Å². The van der Waals surface area contributed by atoms with Gasteiger partial charge < -0.3 is 0 Å². The molecule has 0 heterocycles. The molecule has 0 radical (unpaired) electrons. The van der Waals surface area contributed by atoms with Crippen LogP contribution >= 0.6 is 0 Å². The minimum absolute atomic E-state index is 0.794. The van der Waals surface area contributed by atoms with Gasteiger partial charge in [-0.3, -0.25) is 4.99 Å². The maximum Gasteiger partial charge on any atom is 0.0635 e. The molecule has 3 unspecified atom stereocenters. The lowest BCUT2D eigenvalue weighted by atomic mass is 9.90. The molecule has 2 aliphatic rings. The van der Waals surface area contributed by atoms with Gasteiger partial charge in [-0.25, -0.2) is 0 Å². The van der Waals surface area contributed by atoms with E-state index in [-0.39, 0.29) is 0 Å². The minimum atomic E-state index is 0.794. The Hall–Kier alpha value is -1.11. The predicted molar refractivity (Wildman–Crippen MR) is 67.6 cm³/mol. The summed E-state index contributed by atoms with van der Waals surface area (Å²) >= 11 is 0. The van der Waals surface area contributed by atoms with Gasteiger partial charge >= 0.3 is 0 Å². The van der Waals surface area contributed by atoms with Crippen molar-refractivity contribution in [1.82, 2.24) is 0 Å². The number of fused-ring (bicyclic) bond motifs is 2. The second kappa shape index (κ2) is 4.40. The zero-order valence-corrected chi connectivity index (χ0v) is 9.68. The predicted octanol–water partition coefficient (Wildman–Crippen LogP) is 3.69. The Balaban J connectivity index is 1.55. The minimum Gasteiger partial charge on any atom is -0.292 e. The van der Waals surface area contributed by atoms with Crippen LogP contribution in [0.5, 0.6) is 0 Å². The number of nitrogens with zero attached hydrogens (tertiary/aromatic N) is 1. The summed E-state index contributed by atoms with van der Waals surface area (Å²) < 4.78 is 0. The monoisotopic (exact) mass is 213 g/mol. The lowest BCUT2D eigenvalue weighted by Gasteiger charge is -2.16. The Kier molecular flexibility index (Phi) is 2.77. The van der Waals surface area contributed by atoms with Crippen LogP contribution in [0, 0.1) is 17.8 Å². The zero-order valence-electron chi connectivity index (χ0n) is 9.68. The third-order valence-electron chi connectivity index (χ3n) is 4.21. The van der Waals surface area contributed by atoms with Gasteiger partial charge in [-0.05, 0) is 42.6 Å². The van der Waals surface area contributed by atoms with E-state index in [1.165, 1.54) is 31.2 Å². The molecule has 0 saturated heterocycles. The van der Waals surface area contributed by atoms with E-state index >= 15 is 0 Å². The van der Waals surface area contributed by atoms with Crippen molar-refractivity contribution >= 4 is 6.21 Å². The van der Waals surface area contributed by atoms with Crippen LogP contribution in [0.1, 0.15) is 31.2 Å². The molecule has 0 N–H and O–H groups in total. The van der Waals surface area contributed by atoms with Crippen molar-refractivity contribution in [2.24, 2.45) is 22.7 Å². The lowest BCUT2D eigenvalue weighted by Crippen LogP contribution is -2.11. The maximum atomic E-state index is 4.62. The molecule has 0 aromatic heterocycles. The molecule has 2 aliphatic carbocycles. The van der Waals surface area contributed by atoms with Gasteiger partial charge in [0, 0.05) is 6.21 Å². The van der Waals surface area contributed by atoms with E-state index in [1.54, 1.807) is 0 Å². The second-order valence-electron chi connectivity index (χ2n) is 5.31. The molecule has 1 heteroatoms. The molecule has 3 rings (SSSR count). The fourth-order valence-corrected chi connectivity index (χ4v) is 3.35. The molecule has 2 bridgehead atoms. The van der Waals surface area contributed by atoms with Crippen LogP contribution in [0.2, 0.25) is 0 Å². The van der Waals surface area contributed by atoms with E-state index < -0.39 is 0 Å². The first-order valence-corrected chi connectivity index (χ1v) is 6.45. The van der Waals surface area contributed by atoms with Gasteiger partial charge in [0.15, 0.2) is 0 Å². The van der Waals surface area contributed by atoms with E-state index in [4.69, 9.17) is 0 Å². The summed E-state index contributed by atoms with van der Waals surface area (Å²) in [5.41, 5.74) is 1.32. The van der Waals surface area contributed by atoms with Crippen LogP contribution in [0.4, 0.5) is 0 Å². The highest BCUT2D eigenvalue weighted by Gasteiger charge is 2.38. The normalized spacial score (nSPS) is 32.6. The largest absolute Gasteiger partial charge is 0.292 e. The fourth-order valence-electron chi connectivity index (χ4n) is 3.35. The molecule has 0 amide bonds. The summed E-state index contributed by atoms with van der Waals surface area (Å²) in [5, 5.41) is 0. The van der Waals surface area contributed by atoms with Gasteiger partial charge in [0.2, 0.25) is 0 Å². The number of aliphatic imine (C=N–C) groups is 1. The second-order valence-corrected chi connectivity index (χ2v) is 5.31. The van der Waals surface area contributed by atoms with Crippen LogP contribution in [-0.2, 0) is 6.54 Å². The van der Waals surface area contributed by atoms with Crippen LogP contribution in [-0.4, -0.2) is 6.21 Å². The first kappa shape index (κ1) is 10.1. The summed E-state index contributed by atoms with van der Waals surface area (Å²) in [6.45, 7) is 0.856. The molecule has 0 aliphatic heterocycles. The highest BCUT2D eigenvalue weighted by atomic mass is 14.7. The first-order valence-electron chi connectivity index (χ1n) is 6.45. The van der Waals surface area contributed by atoms with Gasteiger partial charge in [-0.2, -0.15) is 0 Å². The average molecular weight is 213 g/mol. The number of hydrogen-bond donors (Lipinski definition) is 0. The van der Waals surface area contributed by atoms with Crippen molar-refractivity contribution in [2.75, 3.05) is 0 Å². The van der Waals surface area contributed by atoms with E-state index in [1.807, 2.05) is 0 Å². The van der Waals surface area contributed by atoms with Crippen LogP contribution in [0.15, 0.2) is 35.3 Å². The Bertz CT molecular complexity index is 368. The standard InChI is InChI=1S/C15H19N/c1-2-4-12(5-3-1)10-16-11-15-9-13-6-7-14(15)8-13/h1-5,11,13-15H,6-10H2. The lowest BCUT2D eigenvalue weighted by molar-refractivity contribution is 0.420. The van der Waals surface area contributed by atoms with Gasteiger partial charge in [-0.1, -0.05) is 36.8 Å². The number of hydrogen-bond acceptors (Lipinski definition) is 1. The maximum absolute atomic E-state index is 4.62. The van der Waals surface area contributed by atoms with Crippen LogP contribution < -0.4 is 0 Å². The van der Waals surface area contributed by atoms with Gasteiger partial charge in [0.05, 0.1) is 6.54 Å². The molecule has 3 atom stereocenters. The molecule has 1 nitrogen and oxygen atoms in total. The molecule has 84 valence electrons. The van der Waals surface area contributed by atoms with Gasteiger partial charge in [-0.15, -0.1) is 0 Å². The fraction of sp³-hybridized carbons (Fsp3) is 0.533. The topological polar surface area (TPSA) is 12.4 Å². The zero-order chi connectivity index (χ0) is 10.8. The summed E-state index contributed by atoms with van der Waals surface area (Å²) in [7, 11) is 0. The molecular formula is C15H19N. The van der Waals surface area contributed by atoms with E-state index in [0.29, 0.717) is 0 Å². The number of rotatable bonds is 3. The molecule has 1 aromatic rings. The Morgan fingerprint density at radius 2 is 2.00 bits per heavy atom. The quantitative estimate of drug-likeness (QED) is 0.679. The Labute approximate surface area is 97.6 Å². The van der Waals surface area contributed by atoms with Crippen molar-refractivity contribution in [3.8, 4) is 0 Å². The molecule has 16 heavy (non-hydrogen) atoms. The summed E-state index contributed by atoms with van der Waals surface area (Å²) in [4.78, 5) is 4.62. The van der Waals surface area contributed by atoms with Crippen LogP contribution in [0.3, 0.4) is 0 Å². The summed E-state index contributed by atoms with van der Waals surface area (Å²) in [6.07, 6.45) is 8.06. The molecule has 1 aromatic carbocycles. The SMILES string of the molecule is C(=NCc1ccccc1)C1CC2CCC1C2. The smallest absolute Gasteiger partial charge is 0.0635 e. The highest BCUT2D eigenvalue weighted by Crippen LogP contribution is 2.47. The van der Waals surface area contributed by atoms with Crippen LogP contribution in [0.25, 0.3) is 0 Å². The van der Waals surface area contributed by atoms with Gasteiger partial charge in [0.25, 0.3) is 0 Å². The summed E-state index contributed by atoms with van der Waals surface area (Å²) in [6, 6.07) is 10.5. The van der Waals surface area contributed by atoms with Crippen molar-refractivity contribution in [2.45, 2.75) is 32.2 Å². The Morgan fingerprint density at radius 1 is 1.12 bits per heavy atom. The third kappa shape index (κ3) is 2.04. The highest BCUT2D eigenvalue weighted by molar-refractivity contribution is 5.62. The average Bonchev–Trinajstić information content (AvgIpc) is 2.92. The van der Waals surface area contributed by atoms with E-state index in [9.17, 15) is 0 Å².